The molecule has 0 bridgehead atoms. The van der Waals surface area contributed by atoms with Crippen molar-refractivity contribution in [2.45, 2.75) is 26.4 Å². The molecule has 6 nitrogen and oxygen atoms in total. The van der Waals surface area contributed by atoms with Gasteiger partial charge in [0.15, 0.2) is 5.69 Å². The number of benzene rings is 2. The van der Waals surface area contributed by atoms with Gasteiger partial charge in [-0.2, -0.15) is 0 Å². The summed E-state index contributed by atoms with van der Waals surface area (Å²) in [4.78, 5) is 12.7. The van der Waals surface area contributed by atoms with Crippen LogP contribution in [0.1, 0.15) is 32.9 Å². The average molecular weight is 400 g/mol. The first-order valence-corrected chi connectivity index (χ1v) is 9.37. The first-order chi connectivity index (χ1) is 13.5. The van der Waals surface area contributed by atoms with E-state index in [0.29, 0.717) is 16.3 Å². The normalized spacial score (nSPS) is 13.2. The van der Waals surface area contributed by atoms with E-state index in [1.807, 2.05) is 18.2 Å². The Morgan fingerprint density at radius 1 is 1.29 bits per heavy atom. The maximum atomic E-state index is 13.5. The molecule has 0 unspecified atom stereocenters. The predicted molar refractivity (Wildman–Crippen MR) is 105 cm³/mol. The Bertz CT molecular complexity index is 1050. The van der Waals surface area contributed by atoms with Crippen molar-refractivity contribution in [2.75, 3.05) is 11.9 Å². The van der Waals surface area contributed by atoms with Crippen LogP contribution in [0.2, 0.25) is 5.02 Å². The van der Waals surface area contributed by atoms with E-state index in [1.165, 1.54) is 34.0 Å². The second-order valence-electron chi connectivity index (χ2n) is 6.78. The number of halogens is 2. The lowest BCUT2D eigenvalue weighted by atomic mass is 10.0. The van der Waals surface area contributed by atoms with Gasteiger partial charge >= 0.3 is 0 Å². The minimum atomic E-state index is -0.377. The lowest BCUT2D eigenvalue weighted by Crippen LogP contribution is -2.23. The number of fused-ring (bicyclic) bond motifs is 1. The number of aromatic nitrogens is 3. The molecule has 1 amide bonds. The smallest absolute Gasteiger partial charge is 0.278 e. The molecular formula is C20H19ClFN5O. The van der Waals surface area contributed by atoms with Gasteiger partial charge in [-0.1, -0.05) is 22.9 Å². The van der Waals surface area contributed by atoms with Crippen LogP contribution in [0.4, 0.5) is 10.1 Å². The van der Waals surface area contributed by atoms with E-state index in [2.05, 4.69) is 20.9 Å². The highest BCUT2D eigenvalue weighted by Crippen LogP contribution is 2.21. The summed E-state index contributed by atoms with van der Waals surface area (Å²) in [6, 6.07) is 10.1. The van der Waals surface area contributed by atoms with E-state index in [-0.39, 0.29) is 24.0 Å². The molecule has 0 spiro atoms. The molecule has 8 heteroatoms. The molecule has 0 aliphatic carbocycles. The zero-order valence-corrected chi connectivity index (χ0v) is 16.1. The molecule has 2 heterocycles. The van der Waals surface area contributed by atoms with Crippen LogP contribution < -0.4 is 10.6 Å². The van der Waals surface area contributed by atoms with Crippen molar-refractivity contribution in [1.82, 2.24) is 20.3 Å². The summed E-state index contributed by atoms with van der Waals surface area (Å²) in [6.45, 7) is 3.76. The molecule has 0 saturated carbocycles. The molecular weight excluding hydrogens is 381 g/mol. The Hall–Kier alpha value is -2.77. The van der Waals surface area contributed by atoms with Crippen LogP contribution in [0.5, 0.6) is 0 Å². The van der Waals surface area contributed by atoms with Crippen LogP contribution in [0.15, 0.2) is 36.4 Å². The topological polar surface area (TPSA) is 71.8 Å². The first kappa shape index (κ1) is 18.6. The quantitative estimate of drug-likeness (QED) is 0.706. The number of hydrogen-bond donors (Lipinski definition) is 2. The summed E-state index contributed by atoms with van der Waals surface area (Å²) in [6.07, 6.45) is 0.933. The molecule has 1 aliphatic rings. The molecule has 0 radical (unpaired) electrons. The predicted octanol–water partition coefficient (Wildman–Crippen LogP) is 3.33. The molecule has 4 rings (SSSR count). The first-order valence-electron chi connectivity index (χ1n) is 8.99. The van der Waals surface area contributed by atoms with Crippen LogP contribution in [0.25, 0.3) is 0 Å². The lowest BCUT2D eigenvalue weighted by molar-refractivity contribution is 0.102. The van der Waals surface area contributed by atoms with E-state index >= 15 is 0 Å². The van der Waals surface area contributed by atoms with Gasteiger partial charge in [-0.15, -0.1) is 5.10 Å². The fraction of sp³-hybridized carbons (Fsp3) is 0.250. The van der Waals surface area contributed by atoms with Crippen molar-refractivity contribution in [2.24, 2.45) is 0 Å². The number of anilines is 1. The van der Waals surface area contributed by atoms with E-state index in [0.717, 1.165) is 25.2 Å². The third-order valence-corrected chi connectivity index (χ3v) is 5.24. The van der Waals surface area contributed by atoms with Crippen molar-refractivity contribution < 1.29 is 9.18 Å². The van der Waals surface area contributed by atoms with Crippen LogP contribution in [0, 0.1) is 12.7 Å². The number of carbonyl (C=O) groups is 1. The van der Waals surface area contributed by atoms with Gasteiger partial charge in [-0.05, 0) is 66.9 Å². The van der Waals surface area contributed by atoms with Crippen molar-refractivity contribution in [3.63, 3.8) is 0 Å². The summed E-state index contributed by atoms with van der Waals surface area (Å²) in [5.74, 6) is -0.708. The van der Waals surface area contributed by atoms with E-state index in [4.69, 9.17) is 11.6 Å². The van der Waals surface area contributed by atoms with Crippen LogP contribution in [-0.4, -0.2) is 27.4 Å². The second kappa shape index (κ2) is 7.69. The van der Waals surface area contributed by atoms with Crippen molar-refractivity contribution in [3.05, 3.63) is 75.3 Å². The Morgan fingerprint density at radius 2 is 2.14 bits per heavy atom. The number of nitrogens with zero attached hydrogens (tertiary/aromatic N) is 3. The van der Waals surface area contributed by atoms with Gasteiger partial charge in [0, 0.05) is 17.3 Å². The second-order valence-corrected chi connectivity index (χ2v) is 7.19. The summed E-state index contributed by atoms with van der Waals surface area (Å²) in [5, 5.41) is 14.7. The van der Waals surface area contributed by atoms with Crippen LogP contribution in [0.3, 0.4) is 0 Å². The Morgan fingerprint density at radius 3 is 3.00 bits per heavy atom. The number of rotatable bonds is 4. The Balaban J connectivity index is 1.52. The van der Waals surface area contributed by atoms with E-state index < -0.39 is 0 Å². The maximum absolute atomic E-state index is 13.5. The third kappa shape index (κ3) is 3.76. The van der Waals surface area contributed by atoms with Gasteiger partial charge < -0.3 is 10.6 Å². The number of nitrogens with one attached hydrogen (secondary N) is 2. The number of amides is 1. The highest BCUT2D eigenvalue weighted by molar-refractivity contribution is 6.31. The van der Waals surface area contributed by atoms with Gasteiger partial charge in [0.25, 0.3) is 5.91 Å². The molecule has 1 aliphatic heterocycles. The van der Waals surface area contributed by atoms with Gasteiger partial charge in [0.2, 0.25) is 0 Å². The highest BCUT2D eigenvalue weighted by atomic mass is 35.5. The monoisotopic (exact) mass is 399 g/mol. The Labute approximate surface area is 166 Å². The lowest BCUT2D eigenvalue weighted by Gasteiger charge is -2.18. The average Bonchev–Trinajstić information content (AvgIpc) is 3.05. The summed E-state index contributed by atoms with van der Waals surface area (Å²) < 4.78 is 15.0. The fourth-order valence-corrected chi connectivity index (χ4v) is 3.47. The molecule has 28 heavy (non-hydrogen) atoms. The van der Waals surface area contributed by atoms with Gasteiger partial charge in [0.05, 0.1) is 12.2 Å². The molecule has 0 fully saturated rings. The summed E-state index contributed by atoms with van der Waals surface area (Å²) >= 11 is 6.12. The number of carbonyl (C=O) groups excluding carboxylic acids is 1. The number of hydrogen-bond acceptors (Lipinski definition) is 4. The molecule has 144 valence electrons. The molecule has 0 atom stereocenters. The zero-order chi connectivity index (χ0) is 19.7. The molecule has 0 saturated heterocycles. The van der Waals surface area contributed by atoms with E-state index in [1.54, 1.807) is 6.92 Å². The van der Waals surface area contributed by atoms with Crippen molar-refractivity contribution in [3.8, 4) is 0 Å². The SMILES string of the molecule is Cc1c(C(=O)Nc2ccc3c(c2)CCNC3)nnn1Cc1cc(F)ccc1Cl. The largest absolute Gasteiger partial charge is 0.321 e. The van der Waals surface area contributed by atoms with Gasteiger partial charge in [-0.25, -0.2) is 9.07 Å². The van der Waals surface area contributed by atoms with Crippen LogP contribution >= 0.6 is 11.6 Å². The minimum Gasteiger partial charge on any atom is -0.321 e. The summed E-state index contributed by atoms with van der Waals surface area (Å²) in [5.41, 5.74) is 4.60. The molecule has 3 aromatic rings. The standard InChI is InChI=1S/C20H19ClFN5O/c1-12-19(25-26-27(12)11-15-8-16(22)3-5-18(15)21)20(28)24-17-4-2-14-10-23-7-6-13(14)9-17/h2-5,8-9,23H,6-7,10-11H2,1H3,(H,24,28). The summed E-state index contributed by atoms with van der Waals surface area (Å²) in [7, 11) is 0. The maximum Gasteiger partial charge on any atom is 0.278 e. The Kier molecular flexibility index (Phi) is 5.11. The third-order valence-electron chi connectivity index (χ3n) is 4.88. The minimum absolute atomic E-state index is 0.229. The fourth-order valence-electron chi connectivity index (χ4n) is 3.29. The molecule has 2 aromatic carbocycles. The van der Waals surface area contributed by atoms with Crippen molar-refractivity contribution in [1.29, 1.82) is 0 Å². The van der Waals surface area contributed by atoms with Crippen LogP contribution in [-0.2, 0) is 19.5 Å². The molecule has 1 aromatic heterocycles. The van der Waals surface area contributed by atoms with Gasteiger partial charge in [-0.3, -0.25) is 4.79 Å². The van der Waals surface area contributed by atoms with E-state index in [9.17, 15) is 9.18 Å². The molecule has 2 N–H and O–H groups in total. The highest BCUT2D eigenvalue weighted by Gasteiger charge is 2.18. The van der Waals surface area contributed by atoms with Crippen molar-refractivity contribution >= 4 is 23.2 Å². The zero-order valence-electron chi connectivity index (χ0n) is 15.3. The van der Waals surface area contributed by atoms with Gasteiger partial charge in [0.1, 0.15) is 5.82 Å².